The minimum atomic E-state index is 0.467. The molecule has 18 heavy (non-hydrogen) atoms. The summed E-state index contributed by atoms with van der Waals surface area (Å²) in [5.74, 6) is 1.15. The third-order valence-corrected chi connectivity index (χ3v) is 4.27. The molecule has 0 radical (unpaired) electrons. The lowest BCUT2D eigenvalue weighted by Crippen LogP contribution is -2.18. The van der Waals surface area contributed by atoms with Crippen molar-refractivity contribution < 1.29 is 4.74 Å². The van der Waals surface area contributed by atoms with Gasteiger partial charge in [0.2, 0.25) is 0 Å². The van der Waals surface area contributed by atoms with Gasteiger partial charge in [0.05, 0.1) is 6.10 Å². The smallest absolute Gasteiger partial charge is 0.123 e. The second-order valence-electron chi connectivity index (χ2n) is 5.50. The molecule has 1 fully saturated rings. The van der Waals surface area contributed by atoms with Crippen LogP contribution in [0.2, 0.25) is 0 Å². The summed E-state index contributed by atoms with van der Waals surface area (Å²) >= 11 is 0. The number of fused-ring (bicyclic) bond motifs is 1. The van der Waals surface area contributed by atoms with E-state index in [1.807, 2.05) is 0 Å². The topological polar surface area (TPSA) is 21.3 Å². The summed E-state index contributed by atoms with van der Waals surface area (Å²) in [5, 5.41) is 3.57. The number of benzene rings is 1. The lowest BCUT2D eigenvalue weighted by Gasteiger charge is -2.17. The Balaban J connectivity index is 1.79. The molecule has 2 heteroatoms. The van der Waals surface area contributed by atoms with Crippen LogP contribution in [0.4, 0.5) is 0 Å². The van der Waals surface area contributed by atoms with Gasteiger partial charge in [-0.15, -0.1) is 0 Å². The van der Waals surface area contributed by atoms with Gasteiger partial charge in [0, 0.05) is 6.04 Å². The van der Waals surface area contributed by atoms with Crippen molar-refractivity contribution in [2.45, 2.75) is 57.6 Å². The van der Waals surface area contributed by atoms with Crippen LogP contribution in [0.3, 0.4) is 0 Å². The third kappa shape index (κ3) is 2.26. The number of ether oxygens (including phenoxy) is 1. The van der Waals surface area contributed by atoms with E-state index >= 15 is 0 Å². The second kappa shape index (κ2) is 5.31. The molecule has 1 unspecified atom stereocenters. The molecule has 0 bridgehead atoms. The fraction of sp³-hybridized carbons (Fsp3) is 0.625. The third-order valence-electron chi connectivity index (χ3n) is 4.27. The van der Waals surface area contributed by atoms with Crippen LogP contribution in [0.25, 0.3) is 0 Å². The van der Waals surface area contributed by atoms with Crippen LogP contribution in [0.15, 0.2) is 18.2 Å². The molecule has 98 valence electrons. The molecule has 0 spiro atoms. The lowest BCUT2D eigenvalue weighted by molar-refractivity contribution is 0.208. The predicted octanol–water partition coefficient (Wildman–Crippen LogP) is 3.60. The maximum atomic E-state index is 6.22. The molecule has 0 aromatic heterocycles. The van der Waals surface area contributed by atoms with E-state index in [0.29, 0.717) is 12.1 Å². The van der Waals surface area contributed by atoms with E-state index in [4.69, 9.17) is 4.74 Å². The van der Waals surface area contributed by atoms with Crippen molar-refractivity contribution in [3.63, 3.8) is 0 Å². The van der Waals surface area contributed by atoms with Gasteiger partial charge in [0.25, 0.3) is 0 Å². The molecular weight excluding hydrogens is 222 g/mol. The minimum absolute atomic E-state index is 0.467. The molecule has 0 saturated heterocycles. The standard InChI is InChI=1S/C16H23NO/c1-2-17-15-11-10-14-13(15)8-5-9-16(14)18-12-6-3-4-7-12/h5,8-9,12,15,17H,2-4,6-7,10-11H2,1H3. The molecular formula is C16H23NO. The Bertz CT molecular complexity index is 410. The summed E-state index contributed by atoms with van der Waals surface area (Å²) in [6.45, 7) is 3.22. The van der Waals surface area contributed by atoms with E-state index in [0.717, 1.165) is 18.7 Å². The van der Waals surface area contributed by atoms with Crippen LogP contribution in [0.5, 0.6) is 5.75 Å². The van der Waals surface area contributed by atoms with Crippen molar-refractivity contribution in [3.05, 3.63) is 29.3 Å². The summed E-state index contributed by atoms with van der Waals surface area (Å²) in [5.41, 5.74) is 2.92. The van der Waals surface area contributed by atoms with Crippen molar-refractivity contribution in [1.29, 1.82) is 0 Å². The first-order valence-electron chi connectivity index (χ1n) is 7.40. The van der Waals surface area contributed by atoms with Crippen molar-refractivity contribution in [2.24, 2.45) is 0 Å². The minimum Gasteiger partial charge on any atom is -0.490 e. The van der Waals surface area contributed by atoms with Gasteiger partial charge in [0.15, 0.2) is 0 Å². The average Bonchev–Trinajstić information content (AvgIpc) is 3.01. The highest BCUT2D eigenvalue weighted by Crippen LogP contribution is 2.38. The van der Waals surface area contributed by atoms with Gasteiger partial charge in [-0.05, 0) is 62.3 Å². The van der Waals surface area contributed by atoms with Crippen molar-refractivity contribution in [1.82, 2.24) is 5.32 Å². The second-order valence-corrected chi connectivity index (χ2v) is 5.50. The summed E-state index contributed by atoms with van der Waals surface area (Å²) < 4.78 is 6.22. The zero-order chi connectivity index (χ0) is 12.4. The summed E-state index contributed by atoms with van der Waals surface area (Å²) in [6.07, 6.45) is 7.99. The highest BCUT2D eigenvalue weighted by molar-refractivity contribution is 5.45. The van der Waals surface area contributed by atoms with E-state index in [-0.39, 0.29) is 0 Å². The monoisotopic (exact) mass is 245 g/mol. The fourth-order valence-corrected chi connectivity index (χ4v) is 3.38. The highest BCUT2D eigenvalue weighted by atomic mass is 16.5. The van der Waals surface area contributed by atoms with Crippen LogP contribution in [0, 0.1) is 0 Å². The van der Waals surface area contributed by atoms with Gasteiger partial charge in [-0.1, -0.05) is 19.1 Å². The molecule has 1 aromatic carbocycles. The first-order chi connectivity index (χ1) is 8.88. The van der Waals surface area contributed by atoms with Crippen LogP contribution in [-0.2, 0) is 6.42 Å². The molecule has 0 amide bonds. The number of hydrogen-bond donors (Lipinski definition) is 1. The van der Waals surface area contributed by atoms with Crippen LogP contribution >= 0.6 is 0 Å². The molecule has 0 heterocycles. The Hall–Kier alpha value is -1.02. The SMILES string of the molecule is CCNC1CCc2c(OC3CCCC3)cccc21. The quantitative estimate of drug-likeness (QED) is 0.875. The zero-order valence-electron chi connectivity index (χ0n) is 11.2. The molecule has 1 aromatic rings. The average molecular weight is 245 g/mol. The van der Waals surface area contributed by atoms with Gasteiger partial charge in [0.1, 0.15) is 5.75 Å². The van der Waals surface area contributed by atoms with Gasteiger partial charge in [-0.25, -0.2) is 0 Å². The van der Waals surface area contributed by atoms with Crippen LogP contribution < -0.4 is 10.1 Å². The number of nitrogens with one attached hydrogen (secondary N) is 1. The van der Waals surface area contributed by atoms with E-state index in [1.165, 1.54) is 43.2 Å². The van der Waals surface area contributed by atoms with Gasteiger partial charge in [-0.2, -0.15) is 0 Å². The molecule has 0 aliphatic heterocycles. The van der Waals surface area contributed by atoms with E-state index in [1.54, 1.807) is 0 Å². The largest absolute Gasteiger partial charge is 0.490 e. The molecule has 2 aliphatic carbocycles. The maximum Gasteiger partial charge on any atom is 0.123 e. The Labute approximate surface area is 110 Å². The zero-order valence-corrected chi connectivity index (χ0v) is 11.2. The Kier molecular flexibility index (Phi) is 3.55. The first-order valence-corrected chi connectivity index (χ1v) is 7.40. The van der Waals surface area contributed by atoms with Crippen LogP contribution in [0.1, 0.15) is 56.2 Å². The van der Waals surface area contributed by atoms with E-state index in [9.17, 15) is 0 Å². The molecule has 1 saturated carbocycles. The Morgan fingerprint density at radius 2 is 2.06 bits per heavy atom. The normalized spacial score (nSPS) is 23.3. The summed E-state index contributed by atoms with van der Waals surface area (Å²) in [7, 11) is 0. The predicted molar refractivity (Wildman–Crippen MR) is 74.1 cm³/mol. The first kappa shape index (κ1) is 12.0. The molecule has 1 N–H and O–H groups in total. The van der Waals surface area contributed by atoms with Gasteiger partial charge >= 0.3 is 0 Å². The van der Waals surface area contributed by atoms with Crippen molar-refractivity contribution in [2.75, 3.05) is 6.54 Å². The van der Waals surface area contributed by atoms with Gasteiger partial charge in [-0.3, -0.25) is 0 Å². The van der Waals surface area contributed by atoms with Crippen LogP contribution in [-0.4, -0.2) is 12.6 Å². The molecule has 2 aliphatic rings. The lowest BCUT2D eigenvalue weighted by atomic mass is 10.1. The van der Waals surface area contributed by atoms with Crippen molar-refractivity contribution in [3.8, 4) is 5.75 Å². The van der Waals surface area contributed by atoms with E-state index in [2.05, 4.69) is 30.4 Å². The highest BCUT2D eigenvalue weighted by Gasteiger charge is 2.26. The molecule has 1 atom stereocenters. The van der Waals surface area contributed by atoms with Crippen molar-refractivity contribution >= 4 is 0 Å². The summed E-state index contributed by atoms with van der Waals surface area (Å²) in [6, 6.07) is 7.11. The van der Waals surface area contributed by atoms with E-state index < -0.39 is 0 Å². The Morgan fingerprint density at radius 3 is 2.83 bits per heavy atom. The fourth-order valence-electron chi connectivity index (χ4n) is 3.38. The Morgan fingerprint density at radius 1 is 1.22 bits per heavy atom. The van der Waals surface area contributed by atoms with Gasteiger partial charge < -0.3 is 10.1 Å². The molecule has 3 rings (SSSR count). The summed E-state index contributed by atoms with van der Waals surface area (Å²) in [4.78, 5) is 0. The number of rotatable bonds is 4. The number of hydrogen-bond acceptors (Lipinski definition) is 2. The molecule has 2 nitrogen and oxygen atoms in total. The maximum absolute atomic E-state index is 6.22.